The Kier molecular flexibility index (Phi) is 4.94. The van der Waals surface area contributed by atoms with Gasteiger partial charge in [0, 0.05) is 11.4 Å². The predicted molar refractivity (Wildman–Crippen MR) is 72.5 cm³/mol. The van der Waals surface area contributed by atoms with Gasteiger partial charge >= 0.3 is 0 Å². The van der Waals surface area contributed by atoms with Gasteiger partial charge in [-0.25, -0.2) is 0 Å². The normalized spacial score (nSPS) is 10.8. The second-order valence-electron chi connectivity index (χ2n) is 3.94. The summed E-state index contributed by atoms with van der Waals surface area (Å²) in [6.45, 7) is 2.67. The van der Waals surface area contributed by atoms with Crippen molar-refractivity contribution in [3.63, 3.8) is 0 Å². The molecule has 3 nitrogen and oxygen atoms in total. The summed E-state index contributed by atoms with van der Waals surface area (Å²) in [4.78, 5) is 23.5. The topological polar surface area (TPSA) is 57.9 Å². The van der Waals surface area contributed by atoms with Crippen LogP contribution in [-0.4, -0.2) is 16.3 Å². The molecule has 0 bridgehead atoms. The third-order valence-corrected chi connectivity index (χ3v) is 4.13. The van der Waals surface area contributed by atoms with Crippen LogP contribution in [0.25, 0.3) is 0 Å². The molecule has 0 aromatic heterocycles. The fraction of sp³-hybridized carbons (Fsp3) is 0.308. The number of halogens is 1. The average Bonchev–Trinajstić information content (AvgIpc) is 2.30. The molecule has 0 heterocycles. The monoisotopic (exact) mass is 281 g/mol. The maximum Gasteiger partial charge on any atom is 0.154 e. The quantitative estimate of drug-likeness (QED) is 0.615. The summed E-state index contributed by atoms with van der Waals surface area (Å²) in [5, 5.41) is 11.2. The number of benzene rings is 1. The number of hydrogen-bond acceptors (Lipinski definition) is 4. The highest BCUT2D eigenvalue weighted by molar-refractivity contribution is 8.06. The first-order valence-electron chi connectivity index (χ1n) is 5.26. The minimum absolute atomic E-state index is 0.201. The van der Waals surface area contributed by atoms with Gasteiger partial charge in [-0.2, -0.15) is 5.26 Å². The third-order valence-electron chi connectivity index (χ3n) is 2.72. The molecule has 0 aliphatic rings. The Morgan fingerprint density at radius 3 is 2.17 bits per heavy atom. The zero-order valence-corrected chi connectivity index (χ0v) is 11.6. The standard InChI is InChI=1S/C13H12ClNO2S/c1-9(16)13(10(2)17,18-8-15)7-11-3-5-12(14)6-4-11/h3-6H,7H2,1-2H3. The minimum atomic E-state index is -1.32. The molecule has 18 heavy (non-hydrogen) atoms. The molecule has 0 amide bonds. The molecule has 0 atom stereocenters. The van der Waals surface area contributed by atoms with E-state index in [1.165, 1.54) is 13.8 Å². The first kappa shape index (κ1) is 14.7. The van der Waals surface area contributed by atoms with Gasteiger partial charge in [0.05, 0.1) is 0 Å². The Morgan fingerprint density at radius 2 is 1.78 bits per heavy atom. The number of nitriles is 1. The van der Waals surface area contributed by atoms with E-state index in [1.54, 1.807) is 24.3 Å². The van der Waals surface area contributed by atoms with Crippen LogP contribution in [0.5, 0.6) is 0 Å². The maximum atomic E-state index is 11.7. The number of carbonyl (C=O) groups is 2. The second-order valence-corrected chi connectivity index (χ2v) is 5.46. The van der Waals surface area contributed by atoms with E-state index in [0.29, 0.717) is 16.8 Å². The SMILES string of the molecule is CC(=O)C(Cc1ccc(Cl)cc1)(SC#N)C(C)=O. The summed E-state index contributed by atoms with van der Waals surface area (Å²) in [5.74, 6) is -0.618. The minimum Gasteiger partial charge on any atom is -0.298 e. The van der Waals surface area contributed by atoms with Crippen LogP contribution in [0.2, 0.25) is 5.02 Å². The van der Waals surface area contributed by atoms with Gasteiger partial charge in [-0.05, 0) is 43.3 Å². The highest BCUT2D eigenvalue weighted by Gasteiger charge is 2.41. The number of thioether (sulfide) groups is 1. The van der Waals surface area contributed by atoms with Crippen molar-refractivity contribution in [3.05, 3.63) is 34.9 Å². The fourth-order valence-corrected chi connectivity index (χ4v) is 2.45. The molecule has 5 heteroatoms. The van der Waals surface area contributed by atoms with E-state index < -0.39 is 4.75 Å². The summed E-state index contributed by atoms with van der Waals surface area (Å²) in [6.07, 6.45) is 0.201. The third kappa shape index (κ3) is 3.12. The van der Waals surface area contributed by atoms with Crippen molar-refractivity contribution in [1.29, 1.82) is 5.26 Å². The molecular formula is C13H12ClNO2S. The molecule has 0 saturated carbocycles. The van der Waals surface area contributed by atoms with Crippen LogP contribution < -0.4 is 0 Å². The van der Waals surface area contributed by atoms with E-state index in [2.05, 4.69) is 0 Å². The van der Waals surface area contributed by atoms with Crippen LogP contribution in [-0.2, 0) is 16.0 Å². The number of carbonyl (C=O) groups excluding carboxylic acids is 2. The number of thiocyanates is 1. The molecule has 0 spiro atoms. The van der Waals surface area contributed by atoms with Crippen molar-refractivity contribution in [1.82, 2.24) is 0 Å². The predicted octanol–water partition coefficient (Wildman–Crippen LogP) is 3.01. The van der Waals surface area contributed by atoms with Crippen molar-refractivity contribution in [2.75, 3.05) is 0 Å². The molecular weight excluding hydrogens is 270 g/mol. The van der Waals surface area contributed by atoms with Gasteiger partial charge in [-0.15, -0.1) is 0 Å². The van der Waals surface area contributed by atoms with E-state index in [9.17, 15) is 9.59 Å². The Hall–Kier alpha value is -1.31. The first-order chi connectivity index (χ1) is 8.42. The maximum absolute atomic E-state index is 11.7. The van der Waals surface area contributed by atoms with Crippen molar-refractivity contribution < 1.29 is 9.59 Å². The summed E-state index contributed by atoms with van der Waals surface area (Å²) in [6, 6.07) is 6.89. The lowest BCUT2D eigenvalue weighted by Gasteiger charge is -2.24. The number of nitrogens with zero attached hydrogens (tertiary/aromatic N) is 1. The van der Waals surface area contributed by atoms with Crippen molar-refractivity contribution in [2.45, 2.75) is 25.0 Å². The Morgan fingerprint density at radius 1 is 1.28 bits per heavy atom. The molecule has 0 N–H and O–H groups in total. The largest absolute Gasteiger partial charge is 0.298 e. The molecule has 0 aliphatic carbocycles. The fourth-order valence-electron chi connectivity index (χ4n) is 1.64. The van der Waals surface area contributed by atoms with Gasteiger partial charge in [0.15, 0.2) is 11.6 Å². The van der Waals surface area contributed by atoms with Gasteiger partial charge in [-0.3, -0.25) is 9.59 Å². The molecule has 0 aliphatic heterocycles. The lowest BCUT2D eigenvalue weighted by atomic mass is 9.91. The van der Waals surface area contributed by atoms with Crippen molar-refractivity contribution >= 4 is 34.9 Å². The molecule has 1 rings (SSSR count). The summed E-state index contributed by atoms with van der Waals surface area (Å²) < 4.78 is -1.32. The smallest absolute Gasteiger partial charge is 0.154 e. The van der Waals surface area contributed by atoms with Gasteiger partial charge in [0.25, 0.3) is 0 Å². The van der Waals surface area contributed by atoms with E-state index in [1.807, 2.05) is 5.40 Å². The van der Waals surface area contributed by atoms with Crippen LogP contribution in [0.4, 0.5) is 0 Å². The average molecular weight is 282 g/mol. The number of Topliss-reactive ketones (excluding diaryl/α,β-unsaturated/α-hetero) is 2. The Labute approximate surface area is 115 Å². The zero-order valence-electron chi connectivity index (χ0n) is 10.1. The summed E-state index contributed by atoms with van der Waals surface area (Å²) in [7, 11) is 0. The molecule has 1 aromatic carbocycles. The highest BCUT2D eigenvalue weighted by Crippen LogP contribution is 2.31. The van der Waals surface area contributed by atoms with E-state index in [0.717, 1.165) is 5.56 Å². The zero-order chi connectivity index (χ0) is 13.8. The lowest BCUT2D eigenvalue weighted by Crippen LogP contribution is -2.42. The molecule has 0 radical (unpaired) electrons. The lowest BCUT2D eigenvalue weighted by molar-refractivity contribution is -0.128. The van der Waals surface area contributed by atoms with Crippen LogP contribution in [0.15, 0.2) is 24.3 Å². The van der Waals surface area contributed by atoms with Crippen molar-refractivity contribution in [3.8, 4) is 5.40 Å². The Balaban J connectivity index is 3.12. The van der Waals surface area contributed by atoms with E-state index >= 15 is 0 Å². The van der Waals surface area contributed by atoms with Crippen LogP contribution in [0.1, 0.15) is 19.4 Å². The number of rotatable bonds is 5. The molecule has 0 unspecified atom stereocenters. The molecule has 1 aromatic rings. The van der Waals surface area contributed by atoms with Gasteiger partial charge in [0.2, 0.25) is 0 Å². The second kappa shape index (κ2) is 6.03. The molecule has 0 fully saturated rings. The Bertz CT molecular complexity index is 491. The number of hydrogen-bond donors (Lipinski definition) is 0. The first-order valence-corrected chi connectivity index (χ1v) is 6.45. The van der Waals surface area contributed by atoms with E-state index in [-0.39, 0.29) is 18.0 Å². The van der Waals surface area contributed by atoms with Crippen molar-refractivity contribution in [2.24, 2.45) is 0 Å². The van der Waals surface area contributed by atoms with Gasteiger partial charge in [-0.1, -0.05) is 23.7 Å². The van der Waals surface area contributed by atoms with Crippen LogP contribution in [0, 0.1) is 10.7 Å². The summed E-state index contributed by atoms with van der Waals surface area (Å²) >= 11 is 6.49. The highest BCUT2D eigenvalue weighted by atomic mass is 35.5. The van der Waals surface area contributed by atoms with Gasteiger partial charge in [0.1, 0.15) is 10.1 Å². The molecule has 94 valence electrons. The molecule has 0 saturated heterocycles. The van der Waals surface area contributed by atoms with Gasteiger partial charge < -0.3 is 0 Å². The van der Waals surface area contributed by atoms with E-state index in [4.69, 9.17) is 16.9 Å². The number of ketones is 2. The van der Waals surface area contributed by atoms with Crippen LogP contribution in [0.3, 0.4) is 0 Å². The van der Waals surface area contributed by atoms with Crippen LogP contribution >= 0.6 is 23.4 Å². The summed E-state index contributed by atoms with van der Waals surface area (Å²) in [5.41, 5.74) is 0.799.